The van der Waals surface area contributed by atoms with Crippen molar-refractivity contribution < 1.29 is 9.90 Å². The van der Waals surface area contributed by atoms with E-state index in [4.69, 9.17) is 17.3 Å². The Morgan fingerprint density at radius 1 is 1.48 bits per heavy atom. The number of halogens is 1. The van der Waals surface area contributed by atoms with Crippen molar-refractivity contribution in [2.45, 2.75) is 25.3 Å². The number of fused-ring (bicyclic) bond motifs is 1. The highest BCUT2D eigenvalue weighted by Crippen LogP contribution is 2.38. The molecule has 2 aromatic rings. The lowest BCUT2D eigenvalue weighted by molar-refractivity contribution is 0.0921. The number of nitrogen functional groups attached to an aromatic ring is 1. The fourth-order valence-electron chi connectivity index (χ4n) is 2.98. The Bertz CT molecular complexity index is 686. The van der Waals surface area contributed by atoms with Crippen molar-refractivity contribution in [2.75, 3.05) is 12.3 Å². The Morgan fingerprint density at radius 3 is 3.00 bits per heavy atom. The quantitative estimate of drug-likeness (QED) is 0.812. The normalized spacial score (nSPS) is 21.8. The molecule has 0 saturated heterocycles. The van der Waals surface area contributed by atoms with Gasteiger partial charge in [0.2, 0.25) is 0 Å². The molecule has 6 heteroatoms. The molecule has 1 aromatic heterocycles. The fourth-order valence-corrected chi connectivity index (χ4v) is 4.36. The Kier molecular flexibility index (Phi) is 4.06. The highest BCUT2D eigenvalue weighted by molar-refractivity contribution is 7.21. The number of anilines is 1. The fraction of sp³-hybridized carbons (Fsp3) is 0.400. The number of hydrogen-bond donors (Lipinski definition) is 3. The number of nitrogens with one attached hydrogen (secondary N) is 1. The van der Waals surface area contributed by atoms with Gasteiger partial charge in [-0.15, -0.1) is 11.3 Å². The van der Waals surface area contributed by atoms with E-state index in [1.54, 1.807) is 6.07 Å². The van der Waals surface area contributed by atoms with Gasteiger partial charge >= 0.3 is 0 Å². The van der Waals surface area contributed by atoms with Crippen LogP contribution in [0.1, 0.15) is 28.9 Å². The zero-order chi connectivity index (χ0) is 15.0. The van der Waals surface area contributed by atoms with E-state index >= 15 is 0 Å². The molecule has 4 N–H and O–H groups in total. The van der Waals surface area contributed by atoms with Crippen molar-refractivity contribution in [3.63, 3.8) is 0 Å². The Morgan fingerprint density at radius 2 is 2.29 bits per heavy atom. The zero-order valence-electron chi connectivity index (χ0n) is 11.4. The first kappa shape index (κ1) is 14.6. The van der Waals surface area contributed by atoms with Crippen LogP contribution < -0.4 is 11.1 Å². The Balaban J connectivity index is 1.88. The molecule has 2 unspecified atom stereocenters. The number of aliphatic hydroxyl groups is 1. The van der Waals surface area contributed by atoms with E-state index in [2.05, 4.69) is 5.32 Å². The van der Waals surface area contributed by atoms with Gasteiger partial charge in [-0.1, -0.05) is 24.1 Å². The summed E-state index contributed by atoms with van der Waals surface area (Å²) < 4.78 is 0.912. The first-order valence-electron chi connectivity index (χ1n) is 7.00. The summed E-state index contributed by atoms with van der Waals surface area (Å²) in [6, 6.07) is 5.56. The number of nitrogens with two attached hydrogens (primary N) is 1. The summed E-state index contributed by atoms with van der Waals surface area (Å²) in [4.78, 5) is 13.0. The minimum Gasteiger partial charge on any atom is -0.397 e. The molecule has 1 aromatic carbocycles. The summed E-state index contributed by atoms with van der Waals surface area (Å²) in [5.74, 6) is -0.0248. The molecule has 0 spiro atoms. The smallest absolute Gasteiger partial charge is 0.263 e. The molecule has 3 rings (SSSR count). The van der Waals surface area contributed by atoms with Gasteiger partial charge in [0.05, 0.1) is 10.7 Å². The van der Waals surface area contributed by atoms with Gasteiger partial charge in [-0.3, -0.25) is 4.79 Å². The molecule has 1 saturated carbocycles. The third-order valence-corrected chi connectivity index (χ3v) is 5.60. The summed E-state index contributed by atoms with van der Waals surface area (Å²) >= 11 is 7.51. The Labute approximate surface area is 131 Å². The largest absolute Gasteiger partial charge is 0.397 e. The number of carbonyl (C=O) groups is 1. The van der Waals surface area contributed by atoms with E-state index in [1.165, 1.54) is 11.3 Å². The monoisotopic (exact) mass is 324 g/mol. The number of amides is 1. The molecular weight excluding hydrogens is 308 g/mol. The van der Waals surface area contributed by atoms with Gasteiger partial charge in [0.25, 0.3) is 5.91 Å². The minimum absolute atomic E-state index is 0.0302. The second-order valence-electron chi connectivity index (χ2n) is 5.41. The molecule has 1 aliphatic rings. The molecular formula is C15H17ClN2O2S. The van der Waals surface area contributed by atoms with Crippen LogP contribution in [0.3, 0.4) is 0 Å². The van der Waals surface area contributed by atoms with E-state index < -0.39 is 0 Å². The molecule has 0 bridgehead atoms. The van der Waals surface area contributed by atoms with Gasteiger partial charge in [0.1, 0.15) is 4.88 Å². The van der Waals surface area contributed by atoms with E-state index in [0.717, 1.165) is 29.3 Å². The van der Waals surface area contributed by atoms with Crippen LogP contribution in [0.15, 0.2) is 18.2 Å². The first-order valence-corrected chi connectivity index (χ1v) is 8.19. The molecule has 4 nitrogen and oxygen atoms in total. The van der Waals surface area contributed by atoms with Crippen LogP contribution in [0.4, 0.5) is 5.69 Å². The molecule has 0 aliphatic heterocycles. The lowest BCUT2D eigenvalue weighted by atomic mass is 10.1. The van der Waals surface area contributed by atoms with Crippen molar-refractivity contribution in [3.8, 4) is 0 Å². The average molecular weight is 325 g/mol. The number of aliphatic hydroxyl groups excluding tert-OH is 1. The van der Waals surface area contributed by atoms with Gasteiger partial charge in [-0.05, 0) is 25.0 Å². The topological polar surface area (TPSA) is 75.4 Å². The van der Waals surface area contributed by atoms with Crippen molar-refractivity contribution in [2.24, 2.45) is 5.92 Å². The zero-order valence-corrected chi connectivity index (χ0v) is 13.0. The van der Waals surface area contributed by atoms with Crippen LogP contribution in [0, 0.1) is 5.92 Å². The SMILES string of the molecule is Nc1c(C(=O)NC2CCCC2CO)sc2cccc(Cl)c12. The highest BCUT2D eigenvalue weighted by atomic mass is 35.5. The van der Waals surface area contributed by atoms with Gasteiger partial charge in [0, 0.05) is 28.7 Å². The van der Waals surface area contributed by atoms with Crippen LogP contribution in [-0.4, -0.2) is 23.7 Å². The van der Waals surface area contributed by atoms with Crippen molar-refractivity contribution in [1.29, 1.82) is 0 Å². The number of carbonyl (C=O) groups excluding carboxylic acids is 1. The van der Waals surface area contributed by atoms with Gasteiger partial charge < -0.3 is 16.2 Å². The van der Waals surface area contributed by atoms with Crippen LogP contribution in [0.5, 0.6) is 0 Å². The van der Waals surface area contributed by atoms with E-state index in [0.29, 0.717) is 15.6 Å². The molecule has 0 radical (unpaired) electrons. The van der Waals surface area contributed by atoms with Gasteiger partial charge in [-0.25, -0.2) is 0 Å². The second-order valence-corrected chi connectivity index (χ2v) is 6.87. The number of hydrogen-bond acceptors (Lipinski definition) is 4. The highest BCUT2D eigenvalue weighted by Gasteiger charge is 2.29. The lowest BCUT2D eigenvalue weighted by Crippen LogP contribution is -2.38. The third-order valence-electron chi connectivity index (χ3n) is 4.12. The predicted molar refractivity (Wildman–Crippen MR) is 86.9 cm³/mol. The molecule has 21 heavy (non-hydrogen) atoms. The summed E-state index contributed by atoms with van der Waals surface area (Å²) in [6.07, 6.45) is 2.89. The van der Waals surface area contributed by atoms with Gasteiger partial charge in [-0.2, -0.15) is 0 Å². The molecule has 1 amide bonds. The summed E-state index contributed by atoms with van der Waals surface area (Å²) in [5, 5.41) is 13.7. The van der Waals surface area contributed by atoms with E-state index in [1.807, 2.05) is 12.1 Å². The summed E-state index contributed by atoms with van der Waals surface area (Å²) in [5.41, 5.74) is 6.54. The predicted octanol–water partition coefficient (Wildman–Crippen LogP) is 3.03. The maximum Gasteiger partial charge on any atom is 0.263 e. The number of rotatable bonds is 3. The van der Waals surface area contributed by atoms with Gasteiger partial charge in [0.15, 0.2) is 0 Å². The molecule has 2 atom stereocenters. The number of benzene rings is 1. The van der Waals surface area contributed by atoms with E-state index in [-0.39, 0.29) is 24.5 Å². The first-order chi connectivity index (χ1) is 10.1. The number of thiophene rings is 1. The van der Waals surface area contributed by atoms with Crippen LogP contribution in [0.25, 0.3) is 10.1 Å². The molecule has 112 valence electrons. The van der Waals surface area contributed by atoms with Crippen LogP contribution >= 0.6 is 22.9 Å². The van der Waals surface area contributed by atoms with Crippen LogP contribution in [0.2, 0.25) is 5.02 Å². The minimum atomic E-state index is -0.171. The average Bonchev–Trinajstić information content (AvgIpc) is 3.04. The van der Waals surface area contributed by atoms with Crippen molar-refractivity contribution in [1.82, 2.24) is 5.32 Å². The van der Waals surface area contributed by atoms with Crippen molar-refractivity contribution in [3.05, 3.63) is 28.1 Å². The van der Waals surface area contributed by atoms with Crippen LogP contribution in [-0.2, 0) is 0 Å². The van der Waals surface area contributed by atoms with Crippen molar-refractivity contribution >= 4 is 44.6 Å². The lowest BCUT2D eigenvalue weighted by Gasteiger charge is -2.18. The van der Waals surface area contributed by atoms with E-state index in [9.17, 15) is 9.90 Å². The summed E-state index contributed by atoms with van der Waals surface area (Å²) in [6.45, 7) is 0.110. The molecule has 1 heterocycles. The third kappa shape index (κ3) is 2.61. The molecule has 1 fully saturated rings. The second kappa shape index (κ2) is 5.83. The molecule has 1 aliphatic carbocycles. The Hall–Kier alpha value is -1.30. The maximum absolute atomic E-state index is 12.5. The standard InChI is InChI=1S/C15H17ClN2O2S/c16-9-4-2-6-11-12(9)13(17)14(21-11)15(20)18-10-5-1-3-8(10)7-19/h2,4,6,8,10,19H,1,3,5,7,17H2,(H,18,20). The maximum atomic E-state index is 12.5. The summed E-state index contributed by atoms with van der Waals surface area (Å²) in [7, 11) is 0.